The second-order valence-corrected chi connectivity index (χ2v) is 5.75. The molecule has 0 bridgehead atoms. The lowest BCUT2D eigenvalue weighted by Crippen LogP contribution is -2.29. The van der Waals surface area contributed by atoms with Crippen LogP contribution in [0.15, 0.2) is 48.5 Å². The molecule has 0 unspecified atom stereocenters. The summed E-state index contributed by atoms with van der Waals surface area (Å²) in [5.41, 5.74) is 2.32. The topological polar surface area (TPSA) is 41.6 Å². The van der Waals surface area contributed by atoms with E-state index < -0.39 is 0 Å². The molecule has 0 aliphatic rings. The van der Waals surface area contributed by atoms with Gasteiger partial charge in [-0.3, -0.25) is 9.69 Å². The van der Waals surface area contributed by atoms with Crippen molar-refractivity contribution in [3.63, 3.8) is 0 Å². The Balaban J connectivity index is 1.85. The number of halogens is 1. The third-order valence-electron chi connectivity index (χ3n) is 4.07. The summed E-state index contributed by atoms with van der Waals surface area (Å²) in [7, 11) is 0. The van der Waals surface area contributed by atoms with Crippen LogP contribution in [0.4, 0.5) is 4.39 Å². The molecule has 0 atom stereocenters. The first kappa shape index (κ1) is 18.9. The van der Waals surface area contributed by atoms with Crippen LogP contribution in [0.2, 0.25) is 0 Å². The van der Waals surface area contributed by atoms with Crippen LogP contribution in [0.3, 0.4) is 0 Å². The van der Waals surface area contributed by atoms with Crippen molar-refractivity contribution < 1.29 is 13.9 Å². The van der Waals surface area contributed by atoms with E-state index in [0.29, 0.717) is 12.3 Å². The standard InChI is InChI=1S/C20H25FN2O2/c1-3-23(4-2)14-17-8-6-5-7-16(17)13-22-20(24)15-25-19-11-9-18(21)10-12-19/h5-12H,3-4,13-15H2,1-2H3,(H,22,24). The lowest BCUT2D eigenvalue weighted by molar-refractivity contribution is -0.123. The number of hydrogen-bond acceptors (Lipinski definition) is 3. The van der Waals surface area contributed by atoms with Crippen LogP contribution < -0.4 is 10.1 Å². The Kier molecular flexibility index (Phi) is 7.41. The molecule has 4 nitrogen and oxygen atoms in total. The largest absolute Gasteiger partial charge is 0.484 e. The van der Waals surface area contributed by atoms with E-state index in [9.17, 15) is 9.18 Å². The molecular weight excluding hydrogens is 319 g/mol. The SMILES string of the molecule is CCN(CC)Cc1ccccc1CNC(=O)COc1ccc(F)cc1. The van der Waals surface area contributed by atoms with Crippen LogP contribution in [-0.4, -0.2) is 30.5 Å². The van der Waals surface area contributed by atoms with Crippen LogP contribution in [0.25, 0.3) is 0 Å². The molecule has 0 aliphatic carbocycles. The van der Waals surface area contributed by atoms with Crippen LogP contribution in [0, 0.1) is 5.82 Å². The number of carbonyl (C=O) groups excluding carboxylic acids is 1. The molecule has 5 heteroatoms. The maximum Gasteiger partial charge on any atom is 0.258 e. The summed E-state index contributed by atoms with van der Waals surface area (Å²) >= 11 is 0. The third-order valence-corrected chi connectivity index (χ3v) is 4.07. The van der Waals surface area contributed by atoms with E-state index in [2.05, 4.69) is 30.1 Å². The molecule has 2 rings (SSSR count). The van der Waals surface area contributed by atoms with Gasteiger partial charge in [0.1, 0.15) is 11.6 Å². The van der Waals surface area contributed by atoms with E-state index in [1.165, 1.54) is 29.8 Å². The lowest BCUT2D eigenvalue weighted by atomic mass is 10.1. The Morgan fingerprint density at radius 3 is 2.32 bits per heavy atom. The molecule has 0 aliphatic heterocycles. The summed E-state index contributed by atoms with van der Waals surface area (Å²) in [5.74, 6) is -0.0675. The van der Waals surface area contributed by atoms with Crippen molar-refractivity contribution in [1.29, 1.82) is 0 Å². The number of nitrogens with one attached hydrogen (secondary N) is 1. The van der Waals surface area contributed by atoms with Crippen molar-refractivity contribution in [2.45, 2.75) is 26.9 Å². The first-order chi connectivity index (χ1) is 12.1. The van der Waals surface area contributed by atoms with Gasteiger partial charge in [0.2, 0.25) is 0 Å². The predicted molar refractivity (Wildman–Crippen MR) is 96.8 cm³/mol. The summed E-state index contributed by atoms with van der Waals surface area (Å²) in [4.78, 5) is 14.3. The number of ether oxygens (including phenoxy) is 1. The van der Waals surface area contributed by atoms with Crippen molar-refractivity contribution in [3.05, 3.63) is 65.5 Å². The Morgan fingerprint density at radius 1 is 1.04 bits per heavy atom. The van der Waals surface area contributed by atoms with E-state index in [4.69, 9.17) is 4.74 Å². The molecule has 1 N–H and O–H groups in total. The molecule has 0 aromatic heterocycles. The number of amides is 1. The zero-order valence-corrected chi connectivity index (χ0v) is 14.8. The second-order valence-electron chi connectivity index (χ2n) is 5.75. The normalized spacial score (nSPS) is 10.7. The van der Waals surface area contributed by atoms with Gasteiger partial charge >= 0.3 is 0 Å². The first-order valence-corrected chi connectivity index (χ1v) is 8.56. The monoisotopic (exact) mass is 344 g/mol. The average molecular weight is 344 g/mol. The summed E-state index contributed by atoms with van der Waals surface area (Å²) < 4.78 is 18.2. The van der Waals surface area contributed by atoms with Gasteiger partial charge < -0.3 is 10.1 Å². The zero-order valence-electron chi connectivity index (χ0n) is 14.8. The fourth-order valence-electron chi connectivity index (χ4n) is 2.50. The highest BCUT2D eigenvalue weighted by Gasteiger charge is 2.08. The molecule has 0 saturated heterocycles. The van der Waals surface area contributed by atoms with Crippen LogP contribution in [0.1, 0.15) is 25.0 Å². The zero-order chi connectivity index (χ0) is 18.1. The second kappa shape index (κ2) is 9.79. The highest BCUT2D eigenvalue weighted by molar-refractivity contribution is 5.77. The maximum atomic E-state index is 12.8. The van der Waals surface area contributed by atoms with Gasteiger partial charge in [-0.05, 0) is 48.5 Å². The Morgan fingerprint density at radius 2 is 1.68 bits per heavy atom. The first-order valence-electron chi connectivity index (χ1n) is 8.56. The minimum atomic E-state index is -0.332. The van der Waals surface area contributed by atoms with Gasteiger partial charge in [0.15, 0.2) is 6.61 Å². The number of carbonyl (C=O) groups is 1. The summed E-state index contributed by atoms with van der Waals surface area (Å²) in [6, 6.07) is 13.7. The van der Waals surface area contributed by atoms with Crippen LogP contribution >= 0.6 is 0 Å². The Bertz CT molecular complexity index is 670. The molecule has 0 heterocycles. The van der Waals surface area contributed by atoms with Gasteiger partial charge in [-0.25, -0.2) is 4.39 Å². The Hall–Kier alpha value is -2.40. The van der Waals surface area contributed by atoms with Crippen molar-refractivity contribution in [1.82, 2.24) is 10.2 Å². The van der Waals surface area contributed by atoms with E-state index in [1.807, 2.05) is 18.2 Å². The van der Waals surface area contributed by atoms with E-state index >= 15 is 0 Å². The number of nitrogens with zero attached hydrogens (tertiary/aromatic N) is 1. The summed E-state index contributed by atoms with van der Waals surface area (Å²) in [6.07, 6.45) is 0. The minimum Gasteiger partial charge on any atom is -0.484 e. The fraction of sp³-hybridized carbons (Fsp3) is 0.350. The molecule has 0 spiro atoms. The van der Waals surface area contributed by atoms with E-state index in [-0.39, 0.29) is 18.3 Å². The predicted octanol–water partition coefficient (Wildman–Crippen LogP) is 3.36. The van der Waals surface area contributed by atoms with Gasteiger partial charge in [0, 0.05) is 13.1 Å². The molecule has 0 radical (unpaired) electrons. The molecule has 1 amide bonds. The van der Waals surface area contributed by atoms with E-state index in [0.717, 1.165) is 25.2 Å². The molecule has 25 heavy (non-hydrogen) atoms. The van der Waals surface area contributed by atoms with Gasteiger partial charge in [-0.1, -0.05) is 38.1 Å². The highest BCUT2D eigenvalue weighted by atomic mass is 19.1. The van der Waals surface area contributed by atoms with Crippen LogP contribution in [0.5, 0.6) is 5.75 Å². The number of rotatable bonds is 9. The van der Waals surface area contributed by atoms with E-state index in [1.54, 1.807) is 0 Å². The Labute approximate surface area is 148 Å². The smallest absolute Gasteiger partial charge is 0.258 e. The molecule has 134 valence electrons. The van der Waals surface area contributed by atoms with Gasteiger partial charge in [0.25, 0.3) is 5.91 Å². The highest BCUT2D eigenvalue weighted by Crippen LogP contribution is 2.12. The molecule has 0 saturated carbocycles. The van der Waals surface area contributed by atoms with Crippen molar-refractivity contribution >= 4 is 5.91 Å². The molecular formula is C20H25FN2O2. The van der Waals surface area contributed by atoms with Crippen molar-refractivity contribution in [2.24, 2.45) is 0 Å². The van der Waals surface area contributed by atoms with Gasteiger partial charge in [0.05, 0.1) is 0 Å². The van der Waals surface area contributed by atoms with Crippen molar-refractivity contribution in [2.75, 3.05) is 19.7 Å². The number of hydrogen-bond donors (Lipinski definition) is 1. The quantitative estimate of drug-likeness (QED) is 0.758. The molecule has 2 aromatic rings. The maximum absolute atomic E-state index is 12.8. The van der Waals surface area contributed by atoms with Gasteiger partial charge in [-0.2, -0.15) is 0 Å². The lowest BCUT2D eigenvalue weighted by Gasteiger charge is -2.20. The number of benzene rings is 2. The molecule has 2 aromatic carbocycles. The average Bonchev–Trinajstić information content (AvgIpc) is 2.64. The minimum absolute atomic E-state index is 0.0934. The summed E-state index contributed by atoms with van der Waals surface area (Å²) in [6.45, 7) is 7.49. The molecule has 0 fully saturated rings. The van der Waals surface area contributed by atoms with Crippen LogP contribution in [-0.2, 0) is 17.9 Å². The fourth-order valence-corrected chi connectivity index (χ4v) is 2.50. The van der Waals surface area contributed by atoms with Gasteiger partial charge in [-0.15, -0.1) is 0 Å². The third kappa shape index (κ3) is 6.19. The summed E-state index contributed by atoms with van der Waals surface area (Å²) in [5, 5.41) is 2.87. The van der Waals surface area contributed by atoms with Crippen molar-refractivity contribution in [3.8, 4) is 5.75 Å².